The molecule has 17 heteroatoms. The molecule has 144 valence electrons. The van der Waals surface area contributed by atoms with Gasteiger partial charge < -0.3 is 30.4 Å². The van der Waals surface area contributed by atoms with E-state index in [1.54, 1.807) is 0 Å². The van der Waals surface area contributed by atoms with E-state index in [-0.39, 0.29) is 22.7 Å². The number of rotatable bonds is 0. The monoisotopic (exact) mass is 401 g/mol. The minimum absolute atomic E-state index is 0.0783. The van der Waals surface area contributed by atoms with Gasteiger partial charge in [-0.1, -0.05) is 0 Å². The molecule has 16 nitrogen and oxygen atoms in total. The molecule has 0 radical (unpaired) electrons. The van der Waals surface area contributed by atoms with Gasteiger partial charge in [-0.3, -0.25) is 24.5 Å². The summed E-state index contributed by atoms with van der Waals surface area (Å²) in [4.78, 5) is 77.4. The molecule has 0 saturated heterocycles. The zero-order valence-corrected chi connectivity index (χ0v) is 13.9. The molecule has 0 aromatic carbocycles. The topological polar surface area (TPSA) is 273 Å². The lowest BCUT2D eigenvalue weighted by Crippen LogP contribution is -2.21. The predicted octanol–water partition coefficient (Wildman–Crippen LogP) is -2.76. The summed E-state index contributed by atoms with van der Waals surface area (Å²) in [6.07, 6.45) is 2.74. The van der Waals surface area contributed by atoms with Crippen molar-refractivity contribution in [3.8, 4) is 0 Å². The van der Waals surface area contributed by atoms with Crippen LogP contribution in [0, 0.1) is 0 Å². The fraction of sp³-hybridized carbons (Fsp3) is 0. The van der Waals surface area contributed by atoms with E-state index in [1.165, 1.54) is 12.7 Å². The summed E-state index contributed by atoms with van der Waals surface area (Å²) in [5.74, 6) is 0.0783. The van der Waals surface area contributed by atoms with Gasteiger partial charge in [0, 0.05) is 0 Å². The second-order valence-electron chi connectivity index (χ2n) is 4.60. The minimum Gasteiger partial charge on any atom is -0.369 e. The largest absolute Gasteiger partial charge is 0.466 e. The molecule has 0 unspecified atom stereocenters. The van der Waals surface area contributed by atoms with E-state index in [9.17, 15) is 14.4 Å². The lowest BCUT2D eigenvalue weighted by Gasteiger charge is -1.89. The maximum atomic E-state index is 11.0. The Morgan fingerprint density at radius 3 is 2.11 bits per heavy atom. The third-order valence-corrected chi connectivity index (χ3v) is 2.64. The number of fused-ring (bicyclic) bond motifs is 2. The molecule has 0 aliphatic carbocycles. The van der Waals surface area contributed by atoms with E-state index in [0.29, 0.717) is 11.2 Å². The molecule has 0 aliphatic rings. The first-order chi connectivity index (χ1) is 12.5. The molecule has 0 amide bonds. The van der Waals surface area contributed by atoms with Crippen LogP contribution in [0.3, 0.4) is 0 Å². The number of phosphoric acid groups is 1. The summed E-state index contributed by atoms with van der Waals surface area (Å²) in [5, 5.41) is 0. The molecule has 27 heavy (non-hydrogen) atoms. The normalized spacial score (nSPS) is 10.8. The van der Waals surface area contributed by atoms with Crippen LogP contribution in [0.5, 0.6) is 0 Å². The number of imidazole rings is 2. The Bertz CT molecular complexity index is 1270. The van der Waals surface area contributed by atoms with Crippen LogP contribution < -0.4 is 22.5 Å². The van der Waals surface area contributed by atoms with E-state index >= 15 is 0 Å². The van der Waals surface area contributed by atoms with E-state index in [4.69, 9.17) is 25.0 Å². The first-order valence-corrected chi connectivity index (χ1v) is 8.24. The Morgan fingerprint density at radius 2 is 1.44 bits per heavy atom. The number of nitrogens with one attached hydrogen (secondary N) is 5. The van der Waals surface area contributed by atoms with Crippen LogP contribution in [0.4, 0.5) is 5.95 Å². The Morgan fingerprint density at radius 1 is 0.889 bits per heavy atom. The van der Waals surface area contributed by atoms with Crippen LogP contribution in [-0.4, -0.2) is 54.6 Å². The van der Waals surface area contributed by atoms with Gasteiger partial charge in [-0.25, -0.2) is 19.3 Å². The average Bonchev–Trinajstić information content (AvgIpc) is 3.14. The summed E-state index contributed by atoms with van der Waals surface area (Å²) < 4.78 is 8.88. The number of nitrogens with zero attached hydrogens (tertiary/aromatic N) is 3. The molecular formula is C10H12N9O7P. The highest BCUT2D eigenvalue weighted by atomic mass is 31.2. The van der Waals surface area contributed by atoms with Crippen LogP contribution in [0.15, 0.2) is 27.0 Å². The van der Waals surface area contributed by atoms with Crippen LogP contribution in [0.25, 0.3) is 22.3 Å². The fourth-order valence-electron chi connectivity index (χ4n) is 1.73. The third kappa shape index (κ3) is 5.72. The Labute approximate surface area is 145 Å². The highest BCUT2D eigenvalue weighted by molar-refractivity contribution is 7.45. The second-order valence-corrected chi connectivity index (χ2v) is 5.63. The molecular weight excluding hydrogens is 389 g/mol. The Kier molecular flexibility index (Phi) is 5.66. The second kappa shape index (κ2) is 7.75. The van der Waals surface area contributed by atoms with Gasteiger partial charge in [0.2, 0.25) is 5.95 Å². The van der Waals surface area contributed by atoms with Gasteiger partial charge in [0.25, 0.3) is 11.1 Å². The van der Waals surface area contributed by atoms with E-state index in [0.717, 1.165) is 0 Å². The smallest absolute Gasteiger partial charge is 0.369 e. The van der Waals surface area contributed by atoms with Crippen LogP contribution in [0.1, 0.15) is 0 Å². The van der Waals surface area contributed by atoms with Gasteiger partial charge in [0.05, 0.1) is 12.7 Å². The molecule has 0 aliphatic heterocycles. The van der Waals surface area contributed by atoms with Crippen molar-refractivity contribution in [2.45, 2.75) is 0 Å². The number of hydrogen-bond donors (Lipinski definition) is 9. The highest BCUT2D eigenvalue weighted by Gasteiger charge is 2.02. The van der Waals surface area contributed by atoms with Crippen LogP contribution in [-0.2, 0) is 4.57 Å². The first-order valence-electron chi connectivity index (χ1n) is 6.67. The molecule has 4 aromatic heterocycles. The van der Waals surface area contributed by atoms with E-state index in [1.807, 2.05) is 0 Å². The molecule has 0 spiro atoms. The number of nitrogens with two attached hydrogens (primary N) is 1. The van der Waals surface area contributed by atoms with Gasteiger partial charge in [0.15, 0.2) is 16.8 Å². The number of aromatic amines is 5. The van der Waals surface area contributed by atoms with Gasteiger partial charge in [-0.2, -0.15) is 4.98 Å². The van der Waals surface area contributed by atoms with Crippen LogP contribution in [0.2, 0.25) is 0 Å². The van der Waals surface area contributed by atoms with Gasteiger partial charge in [0.1, 0.15) is 5.52 Å². The lowest BCUT2D eigenvalue weighted by molar-refractivity contribution is 0.275. The SMILES string of the molecule is Nc1nc2nc[nH]c2c(=O)[nH]1.O=P(O)(O)O.O=c1[nH]c(=O)c2[nH]cnc2[nH]1. The number of nitrogen functional groups attached to an aromatic ring is 1. The van der Waals surface area contributed by atoms with Crippen LogP contribution >= 0.6 is 7.82 Å². The summed E-state index contributed by atoms with van der Waals surface area (Å²) in [6.45, 7) is 0. The van der Waals surface area contributed by atoms with Crippen molar-refractivity contribution in [2.75, 3.05) is 5.73 Å². The van der Waals surface area contributed by atoms with E-state index < -0.39 is 19.1 Å². The Hall–Kier alpha value is -3.59. The molecule has 4 heterocycles. The van der Waals surface area contributed by atoms with Crippen molar-refractivity contribution in [1.82, 2.24) is 39.9 Å². The average molecular weight is 401 g/mol. The van der Waals surface area contributed by atoms with Crippen molar-refractivity contribution in [3.63, 3.8) is 0 Å². The van der Waals surface area contributed by atoms with Crippen molar-refractivity contribution in [1.29, 1.82) is 0 Å². The van der Waals surface area contributed by atoms with Crippen molar-refractivity contribution >= 4 is 36.1 Å². The van der Waals surface area contributed by atoms with Crippen molar-refractivity contribution in [2.24, 2.45) is 0 Å². The third-order valence-electron chi connectivity index (χ3n) is 2.64. The molecule has 10 N–H and O–H groups in total. The number of hydrogen-bond acceptors (Lipinski definition) is 8. The highest BCUT2D eigenvalue weighted by Crippen LogP contribution is 2.25. The lowest BCUT2D eigenvalue weighted by atomic mass is 10.5. The molecule has 4 aromatic rings. The van der Waals surface area contributed by atoms with Crippen molar-refractivity contribution in [3.05, 3.63) is 43.8 Å². The summed E-state index contributed by atoms with van der Waals surface area (Å²) in [6, 6.07) is 0. The predicted molar refractivity (Wildman–Crippen MR) is 90.5 cm³/mol. The summed E-state index contributed by atoms with van der Waals surface area (Å²) in [7, 11) is -4.64. The molecule has 0 atom stereocenters. The minimum atomic E-state index is -4.64. The van der Waals surface area contributed by atoms with Gasteiger partial charge >= 0.3 is 13.5 Å². The standard InChI is InChI=1S/C5H5N5O.C5H4N4O2.H3O4P/c6-5-9-3-2(4(11)10-5)7-1-8-3;10-4-2-3(7-1-6-2)8-5(11)9-4;1-5(2,3)4/h1H,(H4,6,7,8,9,10,11);1H,(H3,6,7,8,9,10,11);(H3,1,2,3,4). The van der Waals surface area contributed by atoms with Crippen molar-refractivity contribution < 1.29 is 19.2 Å². The molecule has 4 rings (SSSR count). The Balaban J connectivity index is 0.000000157. The maximum Gasteiger partial charge on any atom is 0.466 e. The number of aromatic nitrogens is 8. The summed E-state index contributed by atoms with van der Waals surface area (Å²) in [5.41, 5.74) is 5.20. The molecule has 0 bridgehead atoms. The number of anilines is 1. The quantitative estimate of drug-likeness (QED) is 0.136. The van der Waals surface area contributed by atoms with Gasteiger partial charge in [-0.05, 0) is 0 Å². The first kappa shape index (κ1) is 19.7. The van der Waals surface area contributed by atoms with E-state index in [2.05, 4.69) is 39.9 Å². The molecule has 0 saturated carbocycles. The fourth-order valence-corrected chi connectivity index (χ4v) is 1.73. The maximum absolute atomic E-state index is 11.0. The molecule has 0 fully saturated rings. The number of H-pyrrole nitrogens is 5. The van der Waals surface area contributed by atoms with Gasteiger partial charge in [-0.15, -0.1) is 0 Å². The zero-order chi connectivity index (χ0) is 20.2. The summed E-state index contributed by atoms with van der Waals surface area (Å²) >= 11 is 0. The zero-order valence-electron chi connectivity index (χ0n) is 13.0.